The summed E-state index contributed by atoms with van der Waals surface area (Å²) in [7, 11) is 1.74. The van der Waals surface area contributed by atoms with Crippen molar-refractivity contribution in [3.63, 3.8) is 0 Å². The highest BCUT2D eigenvalue weighted by Gasteiger charge is 2.19. The van der Waals surface area contributed by atoms with Crippen LogP contribution in [0.2, 0.25) is 0 Å². The first-order valence-corrected chi connectivity index (χ1v) is 9.17. The lowest BCUT2D eigenvalue weighted by atomic mass is 10.1. The van der Waals surface area contributed by atoms with Crippen molar-refractivity contribution in [3.05, 3.63) is 81.3 Å². The molecule has 0 atom stereocenters. The molecule has 3 aromatic rings. The van der Waals surface area contributed by atoms with Crippen LogP contribution >= 0.6 is 0 Å². The number of aryl methyl sites for hydroxylation is 2. The fraction of sp³-hybridized carbons (Fsp3) is 0.227. The van der Waals surface area contributed by atoms with E-state index in [-0.39, 0.29) is 11.2 Å². The number of carbonyl (C=O) groups excluding carboxylic acids is 2. The standard InChI is InChI=1S/C22H23N3O4/c1-14-10-15(2)12-17(11-14)22(28)29-13-19(26)23-20-16(3)24(4)25(21(20)27)18-8-6-5-7-9-18/h5-12H,13H2,1-4H3,(H,23,26). The van der Waals surface area contributed by atoms with Crippen molar-refractivity contribution in [2.24, 2.45) is 7.05 Å². The number of para-hydroxylation sites is 1. The highest BCUT2D eigenvalue weighted by atomic mass is 16.5. The molecule has 0 aliphatic rings. The Bertz CT molecular complexity index is 1110. The number of hydrogen-bond acceptors (Lipinski definition) is 4. The number of benzene rings is 2. The summed E-state index contributed by atoms with van der Waals surface area (Å²) in [6.07, 6.45) is 0. The lowest BCUT2D eigenvalue weighted by molar-refractivity contribution is -0.119. The topological polar surface area (TPSA) is 82.3 Å². The number of aromatic nitrogens is 2. The van der Waals surface area contributed by atoms with Crippen LogP contribution in [-0.2, 0) is 16.6 Å². The van der Waals surface area contributed by atoms with Gasteiger partial charge in [-0.15, -0.1) is 0 Å². The Morgan fingerprint density at radius 3 is 2.24 bits per heavy atom. The molecule has 7 nitrogen and oxygen atoms in total. The maximum Gasteiger partial charge on any atom is 0.338 e. The maximum absolute atomic E-state index is 12.8. The summed E-state index contributed by atoms with van der Waals surface area (Å²) < 4.78 is 8.23. The Kier molecular flexibility index (Phi) is 5.68. The molecule has 1 amide bonds. The van der Waals surface area contributed by atoms with Gasteiger partial charge in [0.15, 0.2) is 6.61 Å². The molecule has 0 saturated heterocycles. The van der Waals surface area contributed by atoms with E-state index in [1.807, 2.05) is 38.1 Å². The number of nitrogens with one attached hydrogen (secondary N) is 1. The molecule has 0 bridgehead atoms. The Morgan fingerprint density at radius 1 is 1.00 bits per heavy atom. The molecule has 29 heavy (non-hydrogen) atoms. The van der Waals surface area contributed by atoms with E-state index in [2.05, 4.69) is 5.32 Å². The SMILES string of the molecule is Cc1cc(C)cc(C(=O)OCC(=O)Nc2c(C)n(C)n(-c3ccccc3)c2=O)c1. The third-order valence-electron chi connectivity index (χ3n) is 4.61. The summed E-state index contributed by atoms with van der Waals surface area (Å²) in [5, 5.41) is 2.57. The minimum absolute atomic E-state index is 0.156. The Hall–Kier alpha value is -3.61. The smallest absolute Gasteiger partial charge is 0.338 e. The number of rotatable bonds is 5. The number of esters is 1. The fourth-order valence-electron chi connectivity index (χ4n) is 3.19. The Labute approximate surface area is 168 Å². The number of ether oxygens (including phenoxy) is 1. The molecule has 0 aliphatic heterocycles. The predicted molar refractivity (Wildman–Crippen MR) is 111 cm³/mol. The van der Waals surface area contributed by atoms with E-state index >= 15 is 0 Å². The van der Waals surface area contributed by atoms with Crippen molar-refractivity contribution in [2.45, 2.75) is 20.8 Å². The zero-order chi connectivity index (χ0) is 21.1. The van der Waals surface area contributed by atoms with Crippen LogP contribution in [0, 0.1) is 20.8 Å². The summed E-state index contributed by atoms with van der Waals surface area (Å²) in [5.74, 6) is -1.16. The van der Waals surface area contributed by atoms with Crippen molar-refractivity contribution in [3.8, 4) is 5.69 Å². The van der Waals surface area contributed by atoms with Gasteiger partial charge in [0.05, 0.1) is 16.9 Å². The first-order chi connectivity index (χ1) is 13.8. The van der Waals surface area contributed by atoms with Gasteiger partial charge in [0.1, 0.15) is 5.69 Å². The van der Waals surface area contributed by atoms with E-state index in [4.69, 9.17) is 4.74 Å². The predicted octanol–water partition coefficient (Wildman–Crippen LogP) is 2.90. The van der Waals surface area contributed by atoms with E-state index in [0.29, 0.717) is 16.9 Å². The maximum atomic E-state index is 12.8. The Balaban J connectivity index is 1.73. The molecule has 0 saturated carbocycles. The summed E-state index contributed by atoms with van der Waals surface area (Å²) in [5.41, 5.74) is 3.33. The highest BCUT2D eigenvalue weighted by molar-refractivity contribution is 5.95. The molecule has 0 spiro atoms. The number of nitrogens with zero attached hydrogens (tertiary/aromatic N) is 2. The molecule has 0 aliphatic carbocycles. The minimum Gasteiger partial charge on any atom is -0.452 e. The lowest BCUT2D eigenvalue weighted by Crippen LogP contribution is -2.25. The lowest BCUT2D eigenvalue weighted by Gasteiger charge is -2.07. The van der Waals surface area contributed by atoms with E-state index in [0.717, 1.165) is 11.1 Å². The number of amides is 1. The highest BCUT2D eigenvalue weighted by Crippen LogP contribution is 2.14. The van der Waals surface area contributed by atoms with E-state index in [1.54, 1.807) is 42.9 Å². The van der Waals surface area contributed by atoms with Crippen LogP contribution in [0.1, 0.15) is 27.2 Å². The van der Waals surface area contributed by atoms with Gasteiger partial charge in [-0.2, -0.15) is 0 Å². The molecule has 2 aromatic carbocycles. The largest absolute Gasteiger partial charge is 0.452 e. The molecule has 7 heteroatoms. The summed E-state index contributed by atoms with van der Waals surface area (Å²) in [6, 6.07) is 14.5. The van der Waals surface area contributed by atoms with Crippen LogP contribution in [0.5, 0.6) is 0 Å². The normalized spacial score (nSPS) is 10.6. The third kappa shape index (κ3) is 4.29. The van der Waals surface area contributed by atoms with Crippen LogP contribution < -0.4 is 10.9 Å². The quantitative estimate of drug-likeness (QED) is 0.676. The van der Waals surface area contributed by atoms with Crippen LogP contribution in [0.3, 0.4) is 0 Å². The molecule has 0 unspecified atom stereocenters. The molecule has 0 fully saturated rings. The Morgan fingerprint density at radius 2 is 1.62 bits per heavy atom. The zero-order valence-corrected chi connectivity index (χ0v) is 16.9. The van der Waals surface area contributed by atoms with Gasteiger partial charge in [-0.25, -0.2) is 9.48 Å². The molecule has 3 rings (SSSR count). The van der Waals surface area contributed by atoms with E-state index in [9.17, 15) is 14.4 Å². The summed E-state index contributed by atoms with van der Waals surface area (Å²) in [4.78, 5) is 37.3. The molecule has 150 valence electrons. The fourth-order valence-corrected chi connectivity index (χ4v) is 3.19. The van der Waals surface area contributed by atoms with Crippen molar-refractivity contribution < 1.29 is 14.3 Å². The van der Waals surface area contributed by atoms with Gasteiger partial charge < -0.3 is 10.1 Å². The van der Waals surface area contributed by atoms with Gasteiger partial charge in [0, 0.05) is 7.05 Å². The second-order valence-corrected chi connectivity index (χ2v) is 6.94. The van der Waals surface area contributed by atoms with Gasteiger partial charge in [0.25, 0.3) is 11.5 Å². The first kappa shape index (κ1) is 20.1. The molecule has 1 N–H and O–H groups in total. The van der Waals surface area contributed by atoms with E-state index < -0.39 is 18.5 Å². The second-order valence-electron chi connectivity index (χ2n) is 6.94. The third-order valence-corrected chi connectivity index (χ3v) is 4.61. The van der Waals surface area contributed by atoms with Crippen LogP contribution in [0.4, 0.5) is 5.69 Å². The van der Waals surface area contributed by atoms with Gasteiger partial charge >= 0.3 is 5.97 Å². The van der Waals surface area contributed by atoms with Crippen LogP contribution in [-0.4, -0.2) is 27.8 Å². The van der Waals surface area contributed by atoms with Gasteiger partial charge in [-0.05, 0) is 45.0 Å². The monoisotopic (exact) mass is 393 g/mol. The van der Waals surface area contributed by atoms with Crippen molar-refractivity contribution in [1.82, 2.24) is 9.36 Å². The number of hydrogen-bond donors (Lipinski definition) is 1. The molecule has 1 heterocycles. The number of anilines is 1. The first-order valence-electron chi connectivity index (χ1n) is 9.17. The second kappa shape index (κ2) is 8.18. The van der Waals surface area contributed by atoms with Gasteiger partial charge in [-0.3, -0.25) is 14.3 Å². The van der Waals surface area contributed by atoms with E-state index in [1.165, 1.54) is 4.68 Å². The van der Waals surface area contributed by atoms with Crippen molar-refractivity contribution in [1.29, 1.82) is 0 Å². The van der Waals surface area contributed by atoms with Crippen molar-refractivity contribution in [2.75, 3.05) is 11.9 Å². The van der Waals surface area contributed by atoms with Gasteiger partial charge in [-0.1, -0.05) is 35.4 Å². The summed E-state index contributed by atoms with van der Waals surface area (Å²) >= 11 is 0. The average molecular weight is 393 g/mol. The average Bonchev–Trinajstić information content (AvgIpc) is 2.89. The molecule has 1 aromatic heterocycles. The molecular weight excluding hydrogens is 370 g/mol. The molecule has 0 radical (unpaired) electrons. The van der Waals surface area contributed by atoms with Crippen LogP contribution in [0.15, 0.2) is 53.3 Å². The molecular formula is C22H23N3O4. The minimum atomic E-state index is -0.585. The number of carbonyl (C=O) groups is 2. The zero-order valence-electron chi connectivity index (χ0n) is 16.9. The van der Waals surface area contributed by atoms with Crippen molar-refractivity contribution >= 4 is 17.6 Å². The summed E-state index contributed by atoms with van der Waals surface area (Å²) in [6.45, 7) is 5.02. The van der Waals surface area contributed by atoms with Gasteiger partial charge in [0.2, 0.25) is 0 Å². The van der Waals surface area contributed by atoms with Crippen LogP contribution in [0.25, 0.3) is 5.69 Å².